The second kappa shape index (κ2) is 5.96. The topological polar surface area (TPSA) is 88.7 Å². The molecule has 0 fully saturated rings. The van der Waals surface area contributed by atoms with E-state index in [0.29, 0.717) is 17.2 Å². The van der Waals surface area contributed by atoms with Crippen LogP contribution in [-0.2, 0) is 0 Å². The number of rotatable bonds is 5. The maximum absolute atomic E-state index is 5.87. The third-order valence-corrected chi connectivity index (χ3v) is 2.59. The first-order chi connectivity index (χ1) is 9.71. The van der Waals surface area contributed by atoms with E-state index in [1.54, 1.807) is 18.2 Å². The van der Waals surface area contributed by atoms with E-state index in [0.717, 1.165) is 0 Å². The van der Waals surface area contributed by atoms with Crippen LogP contribution in [0, 0.1) is 0 Å². The van der Waals surface area contributed by atoms with E-state index in [-0.39, 0.29) is 17.4 Å². The number of benzene rings is 1. The summed E-state index contributed by atoms with van der Waals surface area (Å²) in [5.41, 5.74) is 6.07. The minimum absolute atomic E-state index is 0.166. The SMILES string of the molecule is COc1cccc(OC)c1Oc1ncnc(OC)c1N. The minimum Gasteiger partial charge on any atom is -0.493 e. The number of aromatic nitrogens is 2. The van der Waals surface area contributed by atoms with Gasteiger partial charge in [-0.2, -0.15) is 9.97 Å². The van der Waals surface area contributed by atoms with E-state index < -0.39 is 0 Å². The molecular formula is C13H15N3O4. The fourth-order valence-corrected chi connectivity index (χ4v) is 1.62. The first-order valence-corrected chi connectivity index (χ1v) is 5.74. The van der Waals surface area contributed by atoms with Crippen molar-refractivity contribution in [3.63, 3.8) is 0 Å². The Morgan fingerprint density at radius 2 is 1.50 bits per heavy atom. The predicted octanol–water partition coefficient (Wildman–Crippen LogP) is 1.88. The Morgan fingerprint density at radius 1 is 0.900 bits per heavy atom. The summed E-state index contributed by atoms with van der Waals surface area (Å²) in [6, 6.07) is 5.27. The molecular weight excluding hydrogens is 262 g/mol. The van der Waals surface area contributed by atoms with E-state index in [1.165, 1.54) is 27.7 Å². The Hall–Kier alpha value is -2.70. The highest BCUT2D eigenvalue weighted by atomic mass is 16.5. The van der Waals surface area contributed by atoms with Crippen LogP contribution in [0.3, 0.4) is 0 Å². The molecule has 0 spiro atoms. The lowest BCUT2D eigenvalue weighted by Gasteiger charge is -2.14. The van der Waals surface area contributed by atoms with E-state index >= 15 is 0 Å². The summed E-state index contributed by atoms with van der Waals surface area (Å²) in [7, 11) is 4.53. The third kappa shape index (κ3) is 2.51. The van der Waals surface area contributed by atoms with Gasteiger partial charge in [-0.25, -0.2) is 0 Å². The van der Waals surface area contributed by atoms with Crippen LogP contribution >= 0.6 is 0 Å². The molecule has 2 rings (SSSR count). The number of anilines is 1. The second-order valence-electron chi connectivity index (χ2n) is 3.70. The predicted molar refractivity (Wildman–Crippen MR) is 72.6 cm³/mol. The highest BCUT2D eigenvalue weighted by Gasteiger charge is 2.17. The van der Waals surface area contributed by atoms with E-state index in [2.05, 4.69) is 9.97 Å². The average Bonchev–Trinajstić information content (AvgIpc) is 2.49. The second-order valence-corrected chi connectivity index (χ2v) is 3.70. The molecule has 0 aliphatic carbocycles. The third-order valence-electron chi connectivity index (χ3n) is 2.59. The summed E-state index contributed by atoms with van der Waals surface area (Å²) in [5.74, 6) is 1.79. The van der Waals surface area contributed by atoms with Crippen LogP contribution < -0.4 is 24.7 Å². The molecule has 0 aliphatic rings. The summed E-state index contributed by atoms with van der Waals surface area (Å²) in [4.78, 5) is 7.87. The van der Waals surface area contributed by atoms with Crippen LogP contribution in [0.15, 0.2) is 24.5 Å². The van der Waals surface area contributed by atoms with Crippen molar-refractivity contribution in [1.82, 2.24) is 9.97 Å². The summed E-state index contributed by atoms with van der Waals surface area (Å²) in [6.07, 6.45) is 1.30. The van der Waals surface area contributed by atoms with Gasteiger partial charge >= 0.3 is 0 Å². The molecule has 0 unspecified atom stereocenters. The van der Waals surface area contributed by atoms with Crippen molar-refractivity contribution in [2.45, 2.75) is 0 Å². The standard InChI is InChI=1S/C13H15N3O4/c1-17-8-5-4-6-9(18-2)11(8)20-13-10(14)12(19-3)15-7-16-13/h4-7H,14H2,1-3H3. The van der Waals surface area contributed by atoms with Gasteiger partial charge in [-0.1, -0.05) is 6.07 Å². The number of nitrogens with two attached hydrogens (primary N) is 1. The molecule has 0 radical (unpaired) electrons. The van der Waals surface area contributed by atoms with Crippen LogP contribution in [0.25, 0.3) is 0 Å². The van der Waals surface area contributed by atoms with Crippen molar-refractivity contribution in [3.8, 4) is 29.0 Å². The molecule has 0 amide bonds. The van der Waals surface area contributed by atoms with Gasteiger partial charge in [0.15, 0.2) is 17.2 Å². The lowest BCUT2D eigenvalue weighted by Crippen LogP contribution is -2.02. The molecule has 2 aromatic rings. The number of nitrogen functional groups attached to an aromatic ring is 1. The first kappa shape index (κ1) is 13.7. The molecule has 0 saturated heterocycles. The van der Waals surface area contributed by atoms with Gasteiger partial charge < -0.3 is 24.7 Å². The number of para-hydroxylation sites is 1. The smallest absolute Gasteiger partial charge is 0.250 e. The lowest BCUT2D eigenvalue weighted by molar-refractivity contribution is 0.340. The van der Waals surface area contributed by atoms with Crippen molar-refractivity contribution in [3.05, 3.63) is 24.5 Å². The minimum atomic E-state index is 0.166. The highest BCUT2D eigenvalue weighted by Crippen LogP contribution is 2.41. The highest BCUT2D eigenvalue weighted by molar-refractivity contribution is 5.59. The monoisotopic (exact) mass is 277 g/mol. The van der Waals surface area contributed by atoms with Crippen LogP contribution in [0.5, 0.6) is 29.0 Å². The zero-order valence-electron chi connectivity index (χ0n) is 11.4. The van der Waals surface area contributed by atoms with E-state index in [4.69, 9.17) is 24.7 Å². The van der Waals surface area contributed by atoms with Gasteiger partial charge in [-0.05, 0) is 12.1 Å². The van der Waals surface area contributed by atoms with Gasteiger partial charge in [0.1, 0.15) is 6.33 Å². The number of hydrogen-bond donors (Lipinski definition) is 1. The maximum Gasteiger partial charge on any atom is 0.250 e. The fourth-order valence-electron chi connectivity index (χ4n) is 1.62. The first-order valence-electron chi connectivity index (χ1n) is 5.74. The molecule has 20 heavy (non-hydrogen) atoms. The van der Waals surface area contributed by atoms with E-state index in [1.807, 2.05) is 0 Å². The van der Waals surface area contributed by atoms with Crippen LogP contribution in [0.4, 0.5) is 5.69 Å². The number of hydrogen-bond acceptors (Lipinski definition) is 7. The van der Waals surface area contributed by atoms with Crippen molar-refractivity contribution in [2.24, 2.45) is 0 Å². The molecule has 0 aliphatic heterocycles. The fraction of sp³-hybridized carbons (Fsp3) is 0.231. The Morgan fingerprint density at radius 3 is 2.05 bits per heavy atom. The summed E-state index contributed by atoms with van der Waals surface area (Å²) < 4.78 is 21.2. The summed E-state index contributed by atoms with van der Waals surface area (Å²) >= 11 is 0. The van der Waals surface area contributed by atoms with Crippen molar-refractivity contribution in [1.29, 1.82) is 0 Å². The molecule has 7 nitrogen and oxygen atoms in total. The number of nitrogens with zero attached hydrogens (tertiary/aromatic N) is 2. The normalized spacial score (nSPS) is 9.95. The van der Waals surface area contributed by atoms with Gasteiger partial charge in [0, 0.05) is 0 Å². The quantitative estimate of drug-likeness (QED) is 0.892. The number of methoxy groups -OCH3 is 3. The van der Waals surface area contributed by atoms with Gasteiger partial charge in [-0.15, -0.1) is 0 Å². The van der Waals surface area contributed by atoms with E-state index in [9.17, 15) is 0 Å². The molecule has 106 valence electrons. The van der Waals surface area contributed by atoms with Gasteiger partial charge in [-0.3, -0.25) is 0 Å². The largest absolute Gasteiger partial charge is 0.493 e. The van der Waals surface area contributed by atoms with Gasteiger partial charge in [0.05, 0.1) is 21.3 Å². The molecule has 0 atom stereocenters. The lowest BCUT2D eigenvalue weighted by atomic mass is 10.3. The molecule has 1 aromatic heterocycles. The Kier molecular flexibility index (Phi) is 4.09. The van der Waals surface area contributed by atoms with Gasteiger partial charge in [0.2, 0.25) is 17.5 Å². The zero-order valence-corrected chi connectivity index (χ0v) is 11.4. The molecule has 1 aromatic carbocycles. The summed E-state index contributed by atoms with van der Waals surface area (Å²) in [5, 5.41) is 0. The zero-order chi connectivity index (χ0) is 14.5. The molecule has 0 saturated carbocycles. The Bertz CT molecular complexity index is 582. The van der Waals surface area contributed by atoms with Crippen molar-refractivity contribution in [2.75, 3.05) is 27.1 Å². The molecule has 0 bridgehead atoms. The van der Waals surface area contributed by atoms with Crippen molar-refractivity contribution >= 4 is 5.69 Å². The van der Waals surface area contributed by atoms with Crippen molar-refractivity contribution < 1.29 is 18.9 Å². The Balaban J connectivity index is 2.44. The molecule has 7 heteroatoms. The molecule has 2 N–H and O–H groups in total. The van der Waals surface area contributed by atoms with Crippen LogP contribution in [0.1, 0.15) is 0 Å². The summed E-state index contributed by atoms with van der Waals surface area (Å²) in [6.45, 7) is 0. The Labute approximate surface area is 116 Å². The van der Waals surface area contributed by atoms with Crippen LogP contribution in [-0.4, -0.2) is 31.3 Å². The molecule has 1 heterocycles. The number of ether oxygens (including phenoxy) is 4. The average molecular weight is 277 g/mol. The van der Waals surface area contributed by atoms with Crippen LogP contribution in [0.2, 0.25) is 0 Å². The van der Waals surface area contributed by atoms with Gasteiger partial charge in [0.25, 0.3) is 0 Å². The maximum atomic E-state index is 5.87.